The summed E-state index contributed by atoms with van der Waals surface area (Å²) in [5.74, 6) is 0. The number of hydrogen-bond acceptors (Lipinski definition) is 6. The molecule has 7 heteroatoms. The number of aliphatic imine (C=N–C) groups is 1. The van der Waals surface area contributed by atoms with Gasteiger partial charge < -0.3 is 20.4 Å². The molecule has 148 valence electrons. The number of nitrogens with two attached hydrogens (primary N) is 1. The minimum atomic E-state index is -0.0234. The number of pyridine rings is 2. The van der Waals surface area contributed by atoms with Crippen molar-refractivity contribution in [3.8, 4) is 0 Å². The van der Waals surface area contributed by atoms with Gasteiger partial charge in [-0.05, 0) is 37.5 Å². The van der Waals surface area contributed by atoms with Gasteiger partial charge in [0.25, 0.3) is 5.56 Å². The van der Waals surface area contributed by atoms with Gasteiger partial charge in [0, 0.05) is 56.1 Å². The van der Waals surface area contributed by atoms with Crippen molar-refractivity contribution in [2.45, 2.75) is 38.8 Å². The van der Waals surface area contributed by atoms with E-state index in [1.165, 1.54) is 12.3 Å². The first-order valence-electron chi connectivity index (χ1n) is 9.66. The zero-order valence-corrected chi connectivity index (χ0v) is 16.2. The molecule has 0 bridgehead atoms. The first-order chi connectivity index (χ1) is 13.7. The molecule has 1 aliphatic heterocycles. The Labute approximate surface area is 165 Å². The SMILES string of the molecule is CCCn1cc(N=CC(=CN)c2ccc(NC3CCOCC3)cn2)ccc1=O. The fourth-order valence-electron chi connectivity index (χ4n) is 3.08. The molecule has 0 unspecified atom stereocenters. The largest absolute Gasteiger partial charge is 0.404 e. The molecule has 0 aromatic carbocycles. The predicted molar refractivity (Wildman–Crippen MR) is 113 cm³/mol. The first-order valence-corrected chi connectivity index (χ1v) is 9.66. The summed E-state index contributed by atoms with van der Waals surface area (Å²) in [7, 11) is 0. The highest BCUT2D eigenvalue weighted by Crippen LogP contribution is 2.17. The van der Waals surface area contributed by atoms with E-state index >= 15 is 0 Å². The summed E-state index contributed by atoms with van der Waals surface area (Å²) in [6.07, 6.45) is 9.61. The van der Waals surface area contributed by atoms with Gasteiger partial charge in [-0.25, -0.2) is 0 Å². The van der Waals surface area contributed by atoms with Gasteiger partial charge in [-0.3, -0.25) is 14.8 Å². The Morgan fingerprint density at radius 2 is 2.18 bits per heavy atom. The lowest BCUT2D eigenvalue weighted by Crippen LogP contribution is -2.27. The van der Waals surface area contributed by atoms with E-state index in [4.69, 9.17) is 10.5 Å². The van der Waals surface area contributed by atoms with Crippen molar-refractivity contribution in [1.29, 1.82) is 0 Å². The summed E-state index contributed by atoms with van der Waals surface area (Å²) in [5, 5.41) is 3.49. The number of anilines is 1. The molecule has 28 heavy (non-hydrogen) atoms. The van der Waals surface area contributed by atoms with E-state index in [2.05, 4.69) is 15.3 Å². The Hall–Kier alpha value is -2.93. The van der Waals surface area contributed by atoms with Crippen LogP contribution in [0.3, 0.4) is 0 Å². The van der Waals surface area contributed by atoms with Gasteiger partial charge in [0.15, 0.2) is 0 Å². The minimum absolute atomic E-state index is 0.0234. The van der Waals surface area contributed by atoms with Gasteiger partial charge in [0.1, 0.15) is 0 Å². The van der Waals surface area contributed by atoms with Crippen LogP contribution in [0.5, 0.6) is 0 Å². The Kier molecular flexibility index (Phi) is 6.97. The molecule has 2 aromatic heterocycles. The third-order valence-corrected chi connectivity index (χ3v) is 4.62. The number of nitrogens with one attached hydrogen (secondary N) is 1. The van der Waals surface area contributed by atoms with Gasteiger partial charge in [-0.1, -0.05) is 6.92 Å². The molecule has 1 saturated heterocycles. The van der Waals surface area contributed by atoms with Gasteiger partial charge in [-0.2, -0.15) is 0 Å². The molecule has 0 atom stereocenters. The summed E-state index contributed by atoms with van der Waals surface area (Å²) < 4.78 is 7.04. The molecule has 3 rings (SSSR count). The second-order valence-electron chi connectivity index (χ2n) is 6.76. The molecule has 0 radical (unpaired) electrons. The van der Waals surface area contributed by atoms with E-state index < -0.39 is 0 Å². The molecule has 7 nitrogen and oxygen atoms in total. The molecule has 0 amide bonds. The van der Waals surface area contributed by atoms with Gasteiger partial charge >= 0.3 is 0 Å². The lowest BCUT2D eigenvalue weighted by molar-refractivity contribution is 0.0904. The maximum Gasteiger partial charge on any atom is 0.250 e. The van der Waals surface area contributed by atoms with Crippen molar-refractivity contribution < 1.29 is 4.74 Å². The fourth-order valence-corrected chi connectivity index (χ4v) is 3.08. The minimum Gasteiger partial charge on any atom is -0.404 e. The molecule has 0 aliphatic carbocycles. The molecular weight excluding hydrogens is 354 g/mol. The van der Waals surface area contributed by atoms with Crippen molar-refractivity contribution in [2.75, 3.05) is 18.5 Å². The van der Waals surface area contributed by atoms with Crippen molar-refractivity contribution in [3.63, 3.8) is 0 Å². The molecule has 0 saturated carbocycles. The average Bonchev–Trinajstić information content (AvgIpc) is 2.73. The number of hydrogen-bond donors (Lipinski definition) is 2. The highest BCUT2D eigenvalue weighted by Gasteiger charge is 2.13. The molecular formula is C21H27N5O2. The average molecular weight is 381 g/mol. The van der Waals surface area contributed by atoms with E-state index in [-0.39, 0.29) is 5.56 Å². The number of nitrogens with zero attached hydrogens (tertiary/aromatic N) is 3. The van der Waals surface area contributed by atoms with Gasteiger partial charge in [0.05, 0.1) is 23.3 Å². The topological polar surface area (TPSA) is 94.5 Å². The molecule has 3 heterocycles. The lowest BCUT2D eigenvalue weighted by Gasteiger charge is -2.24. The van der Waals surface area contributed by atoms with Crippen LogP contribution in [0.1, 0.15) is 31.9 Å². The monoisotopic (exact) mass is 381 g/mol. The molecule has 0 spiro atoms. The summed E-state index contributed by atoms with van der Waals surface area (Å²) in [6.45, 7) is 4.30. The van der Waals surface area contributed by atoms with Crippen LogP contribution in [-0.2, 0) is 11.3 Å². The van der Waals surface area contributed by atoms with Gasteiger partial charge in [0.2, 0.25) is 0 Å². The van der Waals surface area contributed by atoms with Crippen LogP contribution in [0.2, 0.25) is 0 Å². The summed E-state index contributed by atoms with van der Waals surface area (Å²) in [6, 6.07) is 7.57. The third-order valence-electron chi connectivity index (χ3n) is 4.62. The summed E-state index contributed by atoms with van der Waals surface area (Å²) in [5.41, 5.74) is 8.89. The summed E-state index contributed by atoms with van der Waals surface area (Å²) >= 11 is 0. The highest BCUT2D eigenvalue weighted by molar-refractivity contribution is 6.09. The van der Waals surface area contributed by atoms with Crippen molar-refractivity contribution in [1.82, 2.24) is 9.55 Å². The van der Waals surface area contributed by atoms with E-state index in [0.29, 0.717) is 23.8 Å². The van der Waals surface area contributed by atoms with Crippen LogP contribution < -0.4 is 16.6 Å². The Balaban J connectivity index is 1.68. The van der Waals surface area contributed by atoms with E-state index in [0.717, 1.165) is 43.9 Å². The maximum absolute atomic E-state index is 11.8. The number of allylic oxidation sites excluding steroid dienone is 1. The van der Waals surface area contributed by atoms with Crippen molar-refractivity contribution >= 4 is 23.2 Å². The van der Waals surface area contributed by atoms with Crippen LogP contribution >= 0.6 is 0 Å². The van der Waals surface area contributed by atoms with Crippen LogP contribution in [-0.4, -0.2) is 35.0 Å². The molecule has 3 N–H and O–H groups in total. The number of ether oxygens (including phenoxy) is 1. The summed E-state index contributed by atoms with van der Waals surface area (Å²) in [4.78, 5) is 20.8. The normalized spacial score (nSPS) is 15.8. The third kappa shape index (κ3) is 5.29. The number of aromatic nitrogens is 2. The number of rotatable bonds is 7. The quantitative estimate of drug-likeness (QED) is 0.719. The standard InChI is InChI=1S/C21H27N5O2/c1-2-9-26-15-19(4-6-21(26)27)23-13-16(12-22)20-5-3-18(14-24-20)25-17-7-10-28-11-8-17/h3-6,12-15,17,25H,2,7-11,22H2,1H3. The van der Waals surface area contributed by atoms with Crippen LogP contribution in [0.4, 0.5) is 11.4 Å². The van der Waals surface area contributed by atoms with Crippen LogP contribution in [0.15, 0.2) is 52.6 Å². The first kappa shape index (κ1) is 19.8. The van der Waals surface area contributed by atoms with E-state index in [9.17, 15) is 4.79 Å². The molecule has 1 fully saturated rings. The second-order valence-corrected chi connectivity index (χ2v) is 6.76. The zero-order valence-electron chi connectivity index (χ0n) is 16.2. The maximum atomic E-state index is 11.8. The van der Waals surface area contributed by atoms with Gasteiger partial charge in [-0.15, -0.1) is 0 Å². The Bertz CT molecular complexity index is 880. The smallest absolute Gasteiger partial charge is 0.250 e. The Morgan fingerprint density at radius 1 is 1.36 bits per heavy atom. The zero-order chi connectivity index (χ0) is 19.8. The van der Waals surface area contributed by atoms with Crippen molar-refractivity contribution in [3.05, 3.63) is 58.9 Å². The Morgan fingerprint density at radius 3 is 2.86 bits per heavy atom. The lowest BCUT2D eigenvalue weighted by atomic mass is 10.1. The van der Waals surface area contributed by atoms with Crippen LogP contribution in [0, 0.1) is 0 Å². The van der Waals surface area contributed by atoms with Crippen LogP contribution in [0.25, 0.3) is 5.57 Å². The van der Waals surface area contributed by atoms with Crippen molar-refractivity contribution in [2.24, 2.45) is 10.7 Å². The van der Waals surface area contributed by atoms with E-state index in [1.807, 2.05) is 25.3 Å². The number of aryl methyl sites for hydroxylation is 1. The second kappa shape index (κ2) is 9.85. The van der Waals surface area contributed by atoms with E-state index in [1.54, 1.807) is 23.0 Å². The molecule has 1 aliphatic rings. The highest BCUT2D eigenvalue weighted by atomic mass is 16.5. The predicted octanol–water partition coefficient (Wildman–Crippen LogP) is 2.95. The molecule has 2 aromatic rings. The fraction of sp³-hybridized carbons (Fsp3) is 0.381.